The van der Waals surface area contributed by atoms with Crippen LogP contribution in [0.1, 0.15) is 24.2 Å². The van der Waals surface area contributed by atoms with E-state index in [2.05, 4.69) is 10.6 Å². The number of rotatable bonds is 6. The second-order valence-electron chi connectivity index (χ2n) is 4.03. The molecule has 20 heavy (non-hydrogen) atoms. The van der Waals surface area contributed by atoms with Crippen LogP contribution in [0, 0.1) is 12.3 Å². The third-order valence-electron chi connectivity index (χ3n) is 2.81. The van der Waals surface area contributed by atoms with E-state index >= 15 is 0 Å². The number of sulfonamides is 1. The Bertz CT molecular complexity index is 614. The molecule has 1 N–H and O–H groups in total. The largest absolute Gasteiger partial charge is 0.339 e. The molecule has 0 heterocycles. The third kappa shape index (κ3) is 3.83. The second-order valence-corrected chi connectivity index (χ2v) is 5.80. The highest BCUT2D eigenvalue weighted by Gasteiger charge is 2.17. The van der Waals surface area contributed by atoms with Crippen molar-refractivity contribution in [1.29, 1.82) is 0 Å². The lowest BCUT2D eigenvalue weighted by atomic mass is 10.2. The maximum absolute atomic E-state index is 12.2. The molecule has 6 heteroatoms. The molecule has 0 fully saturated rings. The van der Waals surface area contributed by atoms with Gasteiger partial charge in [-0.25, -0.2) is 8.42 Å². The lowest BCUT2D eigenvalue weighted by molar-refractivity contribution is 0.0772. The van der Waals surface area contributed by atoms with Gasteiger partial charge in [-0.05, 0) is 32.0 Å². The van der Waals surface area contributed by atoms with Crippen molar-refractivity contribution in [2.45, 2.75) is 18.7 Å². The van der Waals surface area contributed by atoms with Crippen LogP contribution in [0.15, 0.2) is 29.2 Å². The molecular formula is C14H18N2O3S. The molecule has 0 atom stereocenters. The number of amides is 1. The fourth-order valence-corrected chi connectivity index (χ4v) is 2.69. The van der Waals surface area contributed by atoms with Crippen LogP contribution in [0.3, 0.4) is 0 Å². The van der Waals surface area contributed by atoms with Gasteiger partial charge in [0, 0.05) is 18.7 Å². The summed E-state index contributed by atoms with van der Waals surface area (Å²) in [6.45, 7) is 4.80. The molecule has 0 spiro atoms. The summed E-state index contributed by atoms with van der Waals surface area (Å²) in [6.07, 6.45) is 5.03. The van der Waals surface area contributed by atoms with Crippen LogP contribution in [0.4, 0.5) is 0 Å². The Hall–Kier alpha value is -1.84. The van der Waals surface area contributed by atoms with E-state index in [0.717, 1.165) is 0 Å². The molecule has 0 saturated heterocycles. The number of benzene rings is 1. The lowest BCUT2D eigenvalue weighted by Gasteiger charge is -2.18. The monoisotopic (exact) mass is 294 g/mol. The highest BCUT2D eigenvalue weighted by atomic mass is 32.2. The topological polar surface area (TPSA) is 66.5 Å². The van der Waals surface area contributed by atoms with Gasteiger partial charge in [0.2, 0.25) is 10.0 Å². The molecule has 0 aliphatic rings. The Morgan fingerprint density at radius 3 is 2.55 bits per heavy atom. The zero-order chi connectivity index (χ0) is 15.2. The molecule has 0 bridgehead atoms. The molecule has 0 radical (unpaired) electrons. The minimum absolute atomic E-state index is 0.0331. The van der Waals surface area contributed by atoms with Crippen molar-refractivity contribution >= 4 is 15.9 Å². The van der Waals surface area contributed by atoms with E-state index < -0.39 is 10.0 Å². The normalized spacial score (nSPS) is 10.8. The van der Waals surface area contributed by atoms with E-state index in [1.54, 1.807) is 17.0 Å². The van der Waals surface area contributed by atoms with Crippen molar-refractivity contribution in [3.8, 4) is 12.3 Å². The number of carbonyl (C=O) groups excluding carboxylic acids is 1. The second kappa shape index (κ2) is 7.08. The zero-order valence-electron chi connectivity index (χ0n) is 11.6. The van der Waals surface area contributed by atoms with Crippen LogP contribution < -0.4 is 4.72 Å². The number of nitrogens with one attached hydrogen (secondary N) is 1. The lowest BCUT2D eigenvalue weighted by Crippen LogP contribution is -2.31. The molecule has 1 aromatic rings. The van der Waals surface area contributed by atoms with Crippen molar-refractivity contribution < 1.29 is 13.2 Å². The first-order chi connectivity index (χ1) is 9.46. The standard InChI is InChI=1S/C14H18N2O3S/c1-4-10-15-20(18,19)13-9-7-8-12(11-13)14(17)16(5-2)6-3/h1,7-9,11,15H,5-6,10H2,2-3H3. The molecule has 108 valence electrons. The van der Waals surface area contributed by atoms with Crippen LogP contribution in [0.5, 0.6) is 0 Å². The molecule has 5 nitrogen and oxygen atoms in total. The van der Waals surface area contributed by atoms with Gasteiger partial charge >= 0.3 is 0 Å². The van der Waals surface area contributed by atoms with Gasteiger partial charge < -0.3 is 4.90 Å². The Labute approximate surface area is 120 Å². The Morgan fingerprint density at radius 1 is 1.35 bits per heavy atom. The number of hydrogen-bond acceptors (Lipinski definition) is 3. The average Bonchev–Trinajstić information content (AvgIpc) is 2.46. The van der Waals surface area contributed by atoms with Gasteiger partial charge in [0.05, 0.1) is 11.4 Å². The minimum Gasteiger partial charge on any atom is -0.339 e. The fourth-order valence-electron chi connectivity index (χ4n) is 1.71. The summed E-state index contributed by atoms with van der Waals surface area (Å²) in [6, 6.07) is 5.93. The van der Waals surface area contributed by atoms with Crippen LogP contribution in [-0.4, -0.2) is 38.9 Å². The summed E-state index contributed by atoms with van der Waals surface area (Å²) in [5, 5.41) is 0. The van der Waals surface area contributed by atoms with Gasteiger partial charge in [0.25, 0.3) is 5.91 Å². The van der Waals surface area contributed by atoms with Crippen molar-refractivity contribution in [2.75, 3.05) is 19.6 Å². The van der Waals surface area contributed by atoms with Crippen molar-refractivity contribution in [1.82, 2.24) is 9.62 Å². The SMILES string of the molecule is C#CCNS(=O)(=O)c1cccc(C(=O)N(CC)CC)c1. The number of hydrogen-bond donors (Lipinski definition) is 1. The highest BCUT2D eigenvalue weighted by molar-refractivity contribution is 7.89. The third-order valence-corrected chi connectivity index (χ3v) is 4.21. The Balaban J connectivity index is 3.08. The summed E-state index contributed by atoms with van der Waals surface area (Å²) >= 11 is 0. The van der Waals surface area contributed by atoms with E-state index in [9.17, 15) is 13.2 Å². The van der Waals surface area contributed by atoms with Gasteiger partial charge in [-0.2, -0.15) is 4.72 Å². The molecule has 0 aliphatic heterocycles. The predicted molar refractivity (Wildman–Crippen MR) is 77.7 cm³/mol. The summed E-state index contributed by atoms with van der Waals surface area (Å²) in [4.78, 5) is 13.8. The quantitative estimate of drug-likeness (QED) is 0.798. The predicted octanol–water partition coefficient (Wildman–Crippen LogP) is 1.08. The first-order valence-corrected chi connectivity index (χ1v) is 7.77. The summed E-state index contributed by atoms with van der Waals surface area (Å²) < 4.78 is 26.1. The van der Waals surface area contributed by atoms with E-state index in [-0.39, 0.29) is 17.3 Å². The molecule has 0 unspecified atom stereocenters. The smallest absolute Gasteiger partial charge is 0.253 e. The van der Waals surface area contributed by atoms with Gasteiger partial charge in [0.15, 0.2) is 0 Å². The van der Waals surface area contributed by atoms with E-state index in [4.69, 9.17) is 6.42 Å². The molecular weight excluding hydrogens is 276 g/mol. The number of terminal acetylenes is 1. The van der Waals surface area contributed by atoms with Crippen LogP contribution in [0.25, 0.3) is 0 Å². The molecule has 1 amide bonds. The van der Waals surface area contributed by atoms with Crippen LogP contribution in [-0.2, 0) is 10.0 Å². The maximum atomic E-state index is 12.2. The fraction of sp³-hybridized carbons (Fsp3) is 0.357. The van der Waals surface area contributed by atoms with Crippen LogP contribution >= 0.6 is 0 Å². The minimum atomic E-state index is -3.68. The van der Waals surface area contributed by atoms with Gasteiger partial charge in [0.1, 0.15) is 0 Å². The summed E-state index contributed by atoms with van der Waals surface area (Å²) in [7, 11) is -3.68. The number of nitrogens with zero attached hydrogens (tertiary/aromatic N) is 1. The maximum Gasteiger partial charge on any atom is 0.253 e. The molecule has 0 saturated carbocycles. The average molecular weight is 294 g/mol. The zero-order valence-corrected chi connectivity index (χ0v) is 12.4. The van der Waals surface area contributed by atoms with Crippen LogP contribution in [0.2, 0.25) is 0 Å². The van der Waals surface area contributed by atoms with Crippen molar-refractivity contribution in [3.05, 3.63) is 29.8 Å². The molecule has 1 rings (SSSR count). The number of carbonyl (C=O) groups is 1. The van der Waals surface area contributed by atoms with Crippen molar-refractivity contribution in [3.63, 3.8) is 0 Å². The molecule has 1 aromatic carbocycles. The first-order valence-electron chi connectivity index (χ1n) is 6.28. The molecule has 0 aromatic heterocycles. The summed E-state index contributed by atoms with van der Waals surface area (Å²) in [5.41, 5.74) is 0.345. The van der Waals surface area contributed by atoms with Gasteiger partial charge in [-0.15, -0.1) is 6.42 Å². The van der Waals surface area contributed by atoms with Crippen molar-refractivity contribution in [2.24, 2.45) is 0 Å². The first kappa shape index (κ1) is 16.2. The van der Waals surface area contributed by atoms with E-state index in [0.29, 0.717) is 18.7 Å². The Kier molecular flexibility index (Phi) is 5.74. The van der Waals surface area contributed by atoms with Gasteiger partial charge in [-0.1, -0.05) is 12.0 Å². The summed E-state index contributed by atoms with van der Waals surface area (Å²) in [5.74, 6) is 2.01. The highest BCUT2D eigenvalue weighted by Crippen LogP contribution is 2.13. The van der Waals surface area contributed by atoms with Gasteiger partial charge in [-0.3, -0.25) is 4.79 Å². The molecule has 0 aliphatic carbocycles. The van der Waals surface area contributed by atoms with E-state index in [1.807, 2.05) is 13.8 Å². The van der Waals surface area contributed by atoms with E-state index in [1.165, 1.54) is 12.1 Å². The Morgan fingerprint density at radius 2 is 2.00 bits per heavy atom.